The van der Waals surface area contributed by atoms with Gasteiger partial charge in [-0.25, -0.2) is 0 Å². The second-order valence-corrected chi connectivity index (χ2v) is 3.54. The molecule has 0 atom stereocenters. The zero-order valence-corrected chi connectivity index (χ0v) is 9.04. The van der Waals surface area contributed by atoms with E-state index < -0.39 is 0 Å². The maximum atomic E-state index is 11.6. The van der Waals surface area contributed by atoms with Gasteiger partial charge in [0, 0.05) is 12.1 Å². The molecule has 0 saturated heterocycles. The Labute approximate surface area is 91.7 Å². The van der Waals surface area contributed by atoms with Gasteiger partial charge in [0.05, 0.1) is 0 Å². The molecule has 1 aromatic rings. The van der Waals surface area contributed by atoms with Crippen LogP contribution in [0.4, 0.5) is 0 Å². The SMILES string of the molecule is [CH2]CCCCCNC(=O)c1ccccc1. The zero-order chi connectivity index (χ0) is 10.9. The van der Waals surface area contributed by atoms with E-state index in [1.165, 1.54) is 0 Å². The standard InChI is InChI=1S/C13H18NO/c1-2-3-4-8-11-14-13(15)12-9-6-5-7-10-12/h5-7,9-10H,1-4,8,11H2,(H,14,15). The summed E-state index contributed by atoms with van der Waals surface area (Å²) in [5.74, 6) is 0.0187. The quantitative estimate of drug-likeness (QED) is 0.709. The van der Waals surface area contributed by atoms with Gasteiger partial charge in [-0.15, -0.1) is 0 Å². The Bertz CT molecular complexity index is 282. The lowest BCUT2D eigenvalue weighted by molar-refractivity contribution is 0.0953. The van der Waals surface area contributed by atoms with Gasteiger partial charge in [-0.1, -0.05) is 44.4 Å². The summed E-state index contributed by atoms with van der Waals surface area (Å²) in [5.41, 5.74) is 0.731. The van der Waals surface area contributed by atoms with Gasteiger partial charge in [-0.05, 0) is 18.6 Å². The second kappa shape index (κ2) is 7.04. The van der Waals surface area contributed by atoms with Crippen LogP contribution in [0.15, 0.2) is 30.3 Å². The van der Waals surface area contributed by atoms with Crippen LogP contribution in [0.5, 0.6) is 0 Å². The fourth-order valence-corrected chi connectivity index (χ4v) is 1.37. The van der Waals surface area contributed by atoms with Gasteiger partial charge < -0.3 is 5.32 Å². The molecule has 1 radical (unpaired) electrons. The first kappa shape index (κ1) is 11.8. The molecule has 0 aromatic heterocycles. The molecular formula is C13H18NO. The predicted molar refractivity (Wildman–Crippen MR) is 62.6 cm³/mol. The normalized spacial score (nSPS) is 9.93. The highest BCUT2D eigenvalue weighted by atomic mass is 16.1. The Hall–Kier alpha value is -1.31. The number of carbonyl (C=O) groups is 1. The first-order chi connectivity index (χ1) is 7.34. The highest BCUT2D eigenvalue weighted by Crippen LogP contribution is 1.99. The molecule has 0 bridgehead atoms. The highest BCUT2D eigenvalue weighted by Gasteiger charge is 2.01. The number of amides is 1. The van der Waals surface area contributed by atoms with Gasteiger partial charge in [0.15, 0.2) is 0 Å². The van der Waals surface area contributed by atoms with Crippen molar-refractivity contribution in [3.05, 3.63) is 42.8 Å². The summed E-state index contributed by atoms with van der Waals surface area (Å²) in [6.07, 6.45) is 4.29. The van der Waals surface area contributed by atoms with Gasteiger partial charge in [-0.3, -0.25) is 4.79 Å². The van der Waals surface area contributed by atoms with Crippen LogP contribution in [0.3, 0.4) is 0 Å². The van der Waals surface area contributed by atoms with E-state index in [0.717, 1.165) is 37.8 Å². The molecule has 0 heterocycles. The Morgan fingerprint density at radius 3 is 2.53 bits per heavy atom. The summed E-state index contributed by atoms with van der Waals surface area (Å²) >= 11 is 0. The van der Waals surface area contributed by atoms with Crippen molar-refractivity contribution in [2.75, 3.05) is 6.54 Å². The van der Waals surface area contributed by atoms with Gasteiger partial charge >= 0.3 is 0 Å². The van der Waals surface area contributed by atoms with Crippen molar-refractivity contribution in [1.82, 2.24) is 5.32 Å². The minimum atomic E-state index is 0.0187. The van der Waals surface area contributed by atoms with Crippen LogP contribution >= 0.6 is 0 Å². The lowest BCUT2D eigenvalue weighted by Crippen LogP contribution is -2.24. The summed E-state index contributed by atoms with van der Waals surface area (Å²) in [4.78, 5) is 11.6. The highest BCUT2D eigenvalue weighted by molar-refractivity contribution is 5.94. The number of hydrogen-bond acceptors (Lipinski definition) is 1. The maximum Gasteiger partial charge on any atom is 0.251 e. The predicted octanol–water partition coefficient (Wildman–Crippen LogP) is 2.81. The Morgan fingerprint density at radius 1 is 1.13 bits per heavy atom. The number of hydrogen-bond donors (Lipinski definition) is 1. The van der Waals surface area contributed by atoms with Crippen molar-refractivity contribution < 1.29 is 4.79 Å². The summed E-state index contributed by atoms with van der Waals surface area (Å²) in [7, 11) is 0. The fraction of sp³-hybridized carbons (Fsp3) is 0.385. The van der Waals surface area contributed by atoms with Gasteiger partial charge in [0.25, 0.3) is 5.91 Å². The smallest absolute Gasteiger partial charge is 0.251 e. The first-order valence-corrected chi connectivity index (χ1v) is 5.47. The van der Waals surface area contributed by atoms with Crippen molar-refractivity contribution in [2.45, 2.75) is 25.7 Å². The first-order valence-electron chi connectivity index (χ1n) is 5.47. The van der Waals surface area contributed by atoms with E-state index in [0.29, 0.717) is 0 Å². The molecule has 0 aliphatic carbocycles. The van der Waals surface area contributed by atoms with E-state index in [4.69, 9.17) is 0 Å². The van der Waals surface area contributed by atoms with Crippen molar-refractivity contribution in [1.29, 1.82) is 0 Å². The van der Waals surface area contributed by atoms with Crippen LogP contribution in [0.2, 0.25) is 0 Å². The monoisotopic (exact) mass is 204 g/mol. The minimum absolute atomic E-state index is 0.0187. The summed E-state index contributed by atoms with van der Waals surface area (Å²) in [6, 6.07) is 9.30. The molecule has 0 saturated carbocycles. The lowest BCUT2D eigenvalue weighted by Gasteiger charge is -2.04. The van der Waals surface area contributed by atoms with E-state index in [-0.39, 0.29) is 5.91 Å². The van der Waals surface area contributed by atoms with E-state index in [1.54, 1.807) is 0 Å². The molecule has 2 nitrogen and oxygen atoms in total. The van der Waals surface area contributed by atoms with Crippen LogP contribution in [0, 0.1) is 6.92 Å². The Kier molecular flexibility index (Phi) is 5.52. The fourth-order valence-electron chi connectivity index (χ4n) is 1.37. The molecule has 1 rings (SSSR count). The summed E-state index contributed by atoms with van der Waals surface area (Å²) in [5, 5.41) is 2.90. The molecule has 1 aromatic carbocycles. The number of unbranched alkanes of at least 4 members (excludes halogenated alkanes) is 3. The van der Waals surface area contributed by atoms with Crippen molar-refractivity contribution >= 4 is 5.91 Å². The van der Waals surface area contributed by atoms with Crippen LogP contribution in [-0.4, -0.2) is 12.5 Å². The largest absolute Gasteiger partial charge is 0.352 e. The number of nitrogens with one attached hydrogen (secondary N) is 1. The van der Waals surface area contributed by atoms with Crippen LogP contribution in [0.25, 0.3) is 0 Å². The molecule has 81 valence electrons. The minimum Gasteiger partial charge on any atom is -0.352 e. The number of benzene rings is 1. The molecule has 1 amide bonds. The third-order valence-electron chi connectivity index (χ3n) is 2.25. The lowest BCUT2D eigenvalue weighted by atomic mass is 10.2. The van der Waals surface area contributed by atoms with Gasteiger partial charge in [0.2, 0.25) is 0 Å². The van der Waals surface area contributed by atoms with E-state index in [2.05, 4.69) is 12.2 Å². The molecule has 0 fully saturated rings. The topological polar surface area (TPSA) is 29.1 Å². The Morgan fingerprint density at radius 2 is 1.87 bits per heavy atom. The van der Waals surface area contributed by atoms with Crippen molar-refractivity contribution in [2.24, 2.45) is 0 Å². The molecule has 15 heavy (non-hydrogen) atoms. The Balaban J connectivity index is 2.20. The molecule has 2 heteroatoms. The molecular weight excluding hydrogens is 186 g/mol. The second-order valence-electron chi connectivity index (χ2n) is 3.54. The van der Waals surface area contributed by atoms with Crippen LogP contribution < -0.4 is 5.32 Å². The van der Waals surface area contributed by atoms with Gasteiger partial charge in [-0.2, -0.15) is 0 Å². The average Bonchev–Trinajstić information content (AvgIpc) is 2.30. The van der Waals surface area contributed by atoms with E-state index in [1.807, 2.05) is 30.3 Å². The van der Waals surface area contributed by atoms with Gasteiger partial charge in [0.1, 0.15) is 0 Å². The third kappa shape index (κ3) is 4.63. The molecule has 0 aliphatic rings. The molecule has 0 spiro atoms. The molecule has 0 unspecified atom stereocenters. The molecule has 0 aliphatic heterocycles. The average molecular weight is 204 g/mol. The summed E-state index contributed by atoms with van der Waals surface area (Å²) in [6.45, 7) is 4.54. The van der Waals surface area contributed by atoms with Crippen LogP contribution in [0.1, 0.15) is 36.0 Å². The number of carbonyl (C=O) groups excluding carboxylic acids is 1. The van der Waals surface area contributed by atoms with Crippen molar-refractivity contribution in [3.8, 4) is 0 Å². The molecule has 1 N–H and O–H groups in total. The number of rotatable bonds is 6. The zero-order valence-electron chi connectivity index (χ0n) is 9.04. The third-order valence-corrected chi connectivity index (χ3v) is 2.25. The van der Waals surface area contributed by atoms with Crippen molar-refractivity contribution in [3.63, 3.8) is 0 Å². The van der Waals surface area contributed by atoms with Crippen LogP contribution in [-0.2, 0) is 0 Å². The summed E-state index contributed by atoms with van der Waals surface area (Å²) < 4.78 is 0. The van der Waals surface area contributed by atoms with E-state index >= 15 is 0 Å². The maximum absolute atomic E-state index is 11.6. The van der Waals surface area contributed by atoms with E-state index in [9.17, 15) is 4.79 Å².